The van der Waals surface area contributed by atoms with Gasteiger partial charge in [-0.3, -0.25) is 4.79 Å². The number of rotatable bonds is 2. The quantitative estimate of drug-likeness (QED) is 0.659. The first-order valence-corrected chi connectivity index (χ1v) is 4.58. The molecule has 0 radical (unpaired) electrons. The zero-order valence-electron chi connectivity index (χ0n) is 7.99. The second-order valence-corrected chi connectivity index (χ2v) is 4.11. The van der Waals surface area contributed by atoms with Crippen molar-refractivity contribution < 1.29 is 14.6 Å². The van der Waals surface area contributed by atoms with Crippen LogP contribution in [0.3, 0.4) is 0 Å². The van der Waals surface area contributed by atoms with E-state index < -0.39 is 5.97 Å². The number of hydrogen-bond donors (Lipinski definition) is 1. The summed E-state index contributed by atoms with van der Waals surface area (Å²) >= 11 is 0. The van der Waals surface area contributed by atoms with Gasteiger partial charge in [-0.15, -0.1) is 0 Å². The molecule has 0 amide bonds. The number of aliphatic carboxylic acids is 1. The number of carbonyl (C=O) groups is 1. The molecule has 1 aliphatic heterocycles. The Balaban J connectivity index is 2.15. The van der Waals surface area contributed by atoms with Crippen molar-refractivity contribution in [3.05, 3.63) is 0 Å². The van der Waals surface area contributed by atoms with E-state index in [-0.39, 0.29) is 17.4 Å². The Kier molecular flexibility index (Phi) is 1.85. The van der Waals surface area contributed by atoms with Crippen LogP contribution < -0.4 is 0 Å². The molecule has 0 aromatic carbocycles. The lowest BCUT2D eigenvalue weighted by Crippen LogP contribution is -2.39. The smallest absolute Gasteiger partial charge is 0.309 e. The number of likely N-dealkylation sites (tertiary alicyclic amines) is 1. The average Bonchev–Trinajstić information content (AvgIpc) is 2.73. The van der Waals surface area contributed by atoms with E-state index in [1.165, 1.54) is 0 Å². The number of hydrogen-bond acceptors (Lipinski definition) is 3. The molecule has 2 rings (SSSR count). The number of likely N-dealkylation sites (N-methyl/N-ethyl adjacent to an activating group) is 1. The molecule has 74 valence electrons. The number of carboxylic acid groups (broad SMARTS) is 1. The molecule has 2 aliphatic rings. The number of methoxy groups -OCH3 is 1. The van der Waals surface area contributed by atoms with Crippen molar-refractivity contribution in [2.75, 3.05) is 27.2 Å². The second-order valence-electron chi connectivity index (χ2n) is 4.11. The summed E-state index contributed by atoms with van der Waals surface area (Å²) in [5, 5.41) is 8.97. The second kappa shape index (κ2) is 2.69. The minimum absolute atomic E-state index is 0.242. The van der Waals surface area contributed by atoms with Crippen LogP contribution in [0, 0.1) is 11.8 Å². The molecule has 1 saturated carbocycles. The first-order valence-electron chi connectivity index (χ1n) is 4.58. The van der Waals surface area contributed by atoms with Gasteiger partial charge in [-0.2, -0.15) is 0 Å². The molecule has 3 atom stereocenters. The van der Waals surface area contributed by atoms with Crippen LogP contribution in [0.1, 0.15) is 6.42 Å². The summed E-state index contributed by atoms with van der Waals surface area (Å²) in [6.07, 6.45) is 0.946. The summed E-state index contributed by atoms with van der Waals surface area (Å²) < 4.78 is 5.37. The Hall–Kier alpha value is -0.610. The zero-order chi connectivity index (χ0) is 9.64. The van der Waals surface area contributed by atoms with Crippen molar-refractivity contribution in [3.8, 4) is 0 Å². The molecule has 4 nitrogen and oxygen atoms in total. The van der Waals surface area contributed by atoms with E-state index in [0.717, 1.165) is 19.5 Å². The lowest BCUT2D eigenvalue weighted by atomic mass is 10.1. The molecular weight excluding hydrogens is 170 g/mol. The first-order chi connectivity index (χ1) is 6.12. The molecule has 1 aliphatic carbocycles. The van der Waals surface area contributed by atoms with Gasteiger partial charge in [-0.1, -0.05) is 0 Å². The number of piperidine rings is 1. The minimum Gasteiger partial charge on any atom is -0.481 e. The monoisotopic (exact) mass is 185 g/mol. The van der Waals surface area contributed by atoms with Gasteiger partial charge in [0.2, 0.25) is 0 Å². The predicted octanol–water partition coefficient (Wildman–Crippen LogP) is 0.0377. The van der Waals surface area contributed by atoms with E-state index in [1.54, 1.807) is 7.11 Å². The molecular formula is C9H15NO3. The summed E-state index contributed by atoms with van der Waals surface area (Å²) in [4.78, 5) is 13.0. The maximum absolute atomic E-state index is 10.9. The van der Waals surface area contributed by atoms with E-state index in [0.29, 0.717) is 0 Å². The molecule has 1 N–H and O–H groups in total. The summed E-state index contributed by atoms with van der Waals surface area (Å²) in [7, 11) is 3.63. The van der Waals surface area contributed by atoms with E-state index in [2.05, 4.69) is 4.90 Å². The summed E-state index contributed by atoms with van der Waals surface area (Å²) in [6.45, 7) is 1.74. The standard InChI is InChI=1S/C9H15NO3/c1-10-4-3-6-7(8(11)12)9(6,5-10)13-2/h6-7H,3-5H2,1-2H3,(H,11,12)/t6-,7-,9+/m1/s1. The zero-order valence-corrected chi connectivity index (χ0v) is 7.99. The van der Waals surface area contributed by atoms with Crippen molar-refractivity contribution in [2.24, 2.45) is 11.8 Å². The molecule has 4 heteroatoms. The van der Waals surface area contributed by atoms with E-state index in [4.69, 9.17) is 9.84 Å². The molecule has 2 fully saturated rings. The van der Waals surface area contributed by atoms with E-state index in [9.17, 15) is 4.79 Å². The van der Waals surface area contributed by atoms with Crippen molar-refractivity contribution in [1.82, 2.24) is 4.90 Å². The Bertz CT molecular complexity index is 243. The third-order valence-electron chi connectivity index (χ3n) is 3.43. The van der Waals surface area contributed by atoms with Crippen LogP contribution >= 0.6 is 0 Å². The van der Waals surface area contributed by atoms with Gasteiger partial charge in [0.25, 0.3) is 0 Å². The van der Waals surface area contributed by atoms with Crippen LogP contribution in [-0.2, 0) is 9.53 Å². The molecule has 13 heavy (non-hydrogen) atoms. The summed E-state index contributed by atoms with van der Waals surface area (Å²) in [5.41, 5.74) is -0.376. The minimum atomic E-state index is -0.706. The van der Waals surface area contributed by atoms with Gasteiger partial charge in [-0.25, -0.2) is 0 Å². The normalized spacial score (nSPS) is 44.2. The number of nitrogens with zero attached hydrogens (tertiary/aromatic N) is 1. The highest BCUT2D eigenvalue weighted by atomic mass is 16.5. The molecule has 1 saturated heterocycles. The van der Waals surface area contributed by atoms with E-state index >= 15 is 0 Å². The lowest BCUT2D eigenvalue weighted by Gasteiger charge is -2.28. The molecule has 1 heterocycles. The fourth-order valence-corrected chi connectivity index (χ4v) is 2.70. The topological polar surface area (TPSA) is 49.8 Å². The van der Waals surface area contributed by atoms with Crippen molar-refractivity contribution in [3.63, 3.8) is 0 Å². The molecule has 0 spiro atoms. The van der Waals surface area contributed by atoms with E-state index in [1.807, 2.05) is 7.05 Å². The molecule has 0 aromatic rings. The molecule has 0 unspecified atom stereocenters. The van der Waals surface area contributed by atoms with Crippen LogP contribution in [0.15, 0.2) is 0 Å². The van der Waals surface area contributed by atoms with Crippen LogP contribution in [0.4, 0.5) is 0 Å². The van der Waals surface area contributed by atoms with Crippen molar-refractivity contribution in [1.29, 1.82) is 0 Å². The Labute approximate surface area is 77.5 Å². The van der Waals surface area contributed by atoms with Gasteiger partial charge in [0, 0.05) is 19.6 Å². The third-order valence-corrected chi connectivity index (χ3v) is 3.43. The van der Waals surface area contributed by atoms with Crippen molar-refractivity contribution >= 4 is 5.97 Å². The fourth-order valence-electron chi connectivity index (χ4n) is 2.70. The van der Waals surface area contributed by atoms with Gasteiger partial charge in [0.1, 0.15) is 0 Å². The van der Waals surface area contributed by atoms with Gasteiger partial charge in [0.05, 0.1) is 11.5 Å². The average molecular weight is 185 g/mol. The lowest BCUT2D eigenvalue weighted by molar-refractivity contribution is -0.140. The van der Waals surface area contributed by atoms with Crippen LogP contribution in [0.2, 0.25) is 0 Å². The maximum atomic E-state index is 10.9. The fraction of sp³-hybridized carbons (Fsp3) is 0.889. The van der Waals surface area contributed by atoms with Gasteiger partial charge in [-0.05, 0) is 20.0 Å². The Morgan fingerprint density at radius 3 is 2.92 bits per heavy atom. The highest BCUT2D eigenvalue weighted by Gasteiger charge is 2.70. The van der Waals surface area contributed by atoms with Crippen LogP contribution in [-0.4, -0.2) is 48.8 Å². The highest BCUT2D eigenvalue weighted by Crippen LogP contribution is 2.57. The Morgan fingerprint density at radius 2 is 2.38 bits per heavy atom. The SMILES string of the molecule is CO[C@@]12CN(C)CC[C@@H]1[C@@H]2C(=O)O. The molecule has 0 bridgehead atoms. The largest absolute Gasteiger partial charge is 0.481 e. The summed E-state index contributed by atoms with van der Waals surface area (Å²) in [6, 6.07) is 0. The maximum Gasteiger partial charge on any atom is 0.309 e. The van der Waals surface area contributed by atoms with Gasteiger partial charge >= 0.3 is 5.97 Å². The number of carboxylic acids is 1. The van der Waals surface area contributed by atoms with Crippen LogP contribution in [0.5, 0.6) is 0 Å². The highest BCUT2D eigenvalue weighted by molar-refractivity contribution is 5.77. The third kappa shape index (κ3) is 1.09. The Morgan fingerprint density at radius 1 is 1.69 bits per heavy atom. The first kappa shape index (κ1) is 8.97. The van der Waals surface area contributed by atoms with Crippen molar-refractivity contribution in [2.45, 2.75) is 12.0 Å². The predicted molar refractivity (Wildman–Crippen MR) is 46.5 cm³/mol. The van der Waals surface area contributed by atoms with Crippen LogP contribution in [0.25, 0.3) is 0 Å². The van der Waals surface area contributed by atoms with Gasteiger partial charge < -0.3 is 14.7 Å². The van der Waals surface area contributed by atoms with Gasteiger partial charge in [0.15, 0.2) is 0 Å². The summed E-state index contributed by atoms with van der Waals surface area (Å²) in [5.74, 6) is -0.740. The molecule has 0 aromatic heterocycles. The number of fused-ring (bicyclic) bond motifs is 1. The number of ether oxygens (including phenoxy) is 1.